The van der Waals surface area contributed by atoms with Gasteiger partial charge in [0, 0.05) is 19.1 Å². The molecule has 2 amide bonds. The van der Waals surface area contributed by atoms with Crippen LogP contribution >= 0.6 is 0 Å². The van der Waals surface area contributed by atoms with Gasteiger partial charge in [-0.3, -0.25) is 9.59 Å². The summed E-state index contributed by atoms with van der Waals surface area (Å²) in [6.45, 7) is 5.16. The molecule has 120 valence electrons. The molecule has 0 bridgehead atoms. The van der Waals surface area contributed by atoms with Gasteiger partial charge in [0.15, 0.2) is 0 Å². The highest BCUT2D eigenvalue weighted by Gasteiger charge is 2.40. The zero-order valence-corrected chi connectivity index (χ0v) is 13.6. The first kappa shape index (κ1) is 16.3. The normalized spacial score (nSPS) is 21.7. The number of amides is 2. The minimum Gasteiger partial charge on any atom is -0.352 e. The molecule has 4 nitrogen and oxygen atoms in total. The molecule has 21 heavy (non-hydrogen) atoms. The third-order valence-electron chi connectivity index (χ3n) is 4.94. The highest BCUT2D eigenvalue weighted by Crippen LogP contribution is 2.24. The number of rotatable bonds is 3. The molecule has 0 aromatic rings. The molecule has 0 atom stereocenters. The second-order valence-electron chi connectivity index (χ2n) is 7.14. The van der Waals surface area contributed by atoms with Crippen LogP contribution in [0.25, 0.3) is 0 Å². The molecular formula is C17H30N2O2. The highest BCUT2D eigenvalue weighted by molar-refractivity contribution is 6.04. The Hall–Kier alpha value is -1.06. The van der Waals surface area contributed by atoms with Crippen molar-refractivity contribution in [1.29, 1.82) is 0 Å². The minimum atomic E-state index is -0.943. The van der Waals surface area contributed by atoms with E-state index in [4.69, 9.17) is 0 Å². The van der Waals surface area contributed by atoms with Crippen LogP contribution in [-0.2, 0) is 9.59 Å². The van der Waals surface area contributed by atoms with E-state index >= 15 is 0 Å². The smallest absolute Gasteiger partial charge is 0.237 e. The Morgan fingerprint density at radius 3 is 2.00 bits per heavy atom. The van der Waals surface area contributed by atoms with Crippen LogP contribution in [-0.4, -0.2) is 35.8 Å². The first-order chi connectivity index (χ1) is 10.0. The molecule has 4 heteroatoms. The number of carbonyl (C=O) groups is 2. The summed E-state index contributed by atoms with van der Waals surface area (Å²) >= 11 is 0. The van der Waals surface area contributed by atoms with Gasteiger partial charge in [0.25, 0.3) is 0 Å². The van der Waals surface area contributed by atoms with Gasteiger partial charge in [-0.25, -0.2) is 0 Å². The lowest BCUT2D eigenvalue weighted by atomic mass is 9.88. The molecule has 2 rings (SSSR count). The predicted molar refractivity (Wildman–Crippen MR) is 83.8 cm³/mol. The minimum absolute atomic E-state index is 0.00212. The molecular weight excluding hydrogens is 264 g/mol. The van der Waals surface area contributed by atoms with Gasteiger partial charge in [-0.15, -0.1) is 0 Å². The molecule has 1 saturated carbocycles. The van der Waals surface area contributed by atoms with Gasteiger partial charge in [0.2, 0.25) is 11.8 Å². The number of hydrogen-bond donors (Lipinski definition) is 1. The van der Waals surface area contributed by atoms with E-state index in [1.165, 1.54) is 32.1 Å². The fraction of sp³-hybridized carbons (Fsp3) is 0.882. The number of nitrogens with zero attached hydrogens (tertiary/aromatic N) is 1. The van der Waals surface area contributed by atoms with Gasteiger partial charge in [0.05, 0.1) is 0 Å². The Morgan fingerprint density at radius 2 is 1.43 bits per heavy atom. The summed E-state index contributed by atoms with van der Waals surface area (Å²) in [6, 6.07) is 0.266. The third-order valence-corrected chi connectivity index (χ3v) is 4.94. The van der Waals surface area contributed by atoms with E-state index in [2.05, 4.69) is 5.32 Å². The van der Waals surface area contributed by atoms with Crippen molar-refractivity contribution in [2.75, 3.05) is 13.1 Å². The summed E-state index contributed by atoms with van der Waals surface area (Å²) in [7, 11) is 0. The Bertz CT molecular complexity index is 365. The molecule has 2 aliphatic rings. The van der Waals surface area contributed by atoms with Gasteiger partial charge in [-0.05, 0) is 39.5 Å². The van der Waals surface area contributed by atoms with Crippen molar-refractivity contribution in [3.8, 4) is 0 Å². The van der Waals surface area contributed by atoms with Crippen molar-refractivity contribution in [3.63, 3.8) is 0 Å². The zero-order valence-electron chi connectivity index (χ0n) is 13.6. The molecule has 1 aliphatic heterocycles. The van der Waals surface area contributed by atoms with E-state index in [1.54, 1.807) is 13.8 Å². The van der Waals surface area contributed by atoms with Gasteiger partial charge < -0.3 is 10.2 Å². The van der Waals surface area contributed by atoms with E-state index < -0.39 is 5.41 Å². The van der Waals surface area contributed by atoms with Crippen LogP contribution in [0.2, 0.25) is 0 Å². The molecule has 1 heterocycles. The fourth-order valence-corrected chi connectivity index (χ4v) is 3.38. The summed E-state index contributed by atoms with van der Waals surface area (Å²) < 4.78 is 0. The zero-order chi connectivity index (χ0) is 15.3. The summed E-state index contributed by atoms with van der Waals surface area (Å²) in [5, 5.41) is 3.11. The monoisotopic (exact) mass is 294 g/mol. The van der Waals surface area contributed by atoms with Crippen molar-refractivity contribution in [3.05, 3.63) is 0 Å². The second-order valence-corrected chi connectivity index (χ2v) is 7.14. The van der Waals surface area contributed by atoms with Gasteiger partial charge >= 0.3 is 0 Å². The number of nitrogens with one attached hydrogen (secondary N) is 1. The molecule has 1 aliphatic carbocycles. The van der Waals surface area contributed by atoms with Crippen molar-refractivity contribution >= 4 is 11.8 Å². The third kappa shape index (κ3) is 4.21. The average Bonchev–Trinajstić information content (AvgIpc) is 2.76. The second kappa shape index (κ2) is 7.28. The topological polar surface area (TPSA) is 49.4 Å². The number of likely N-dealkylation sites (tertiary alicyclic amines) is 1. The Balaban J connectivity index is 1.94. The maximum atomic E-state index is 12.7. The number of hydrogen-bond acceptors (Lipinski definition) is 2. The lowest BCUT2D eigenvalue weighted by molar-refractivity contribution is -0.148. The average molecular weight is 294 g/mol. The van der Waals surface area contributed by atoms with Crippen LogP contribution in [0.15, 0.2) is 0 Å². The van der Waals surface area contributed by atoms with Crippen LogP contribution in [0.4, 0.5) is 0 Å². The predicted octanol–water partition coefficient (Wildman–Crippen LogP) is 2.86. The lowest BCUT2D eigenvalue weighted by Crippen LogP contribution is -2.52. The maximum absolute atomic E-state index is 12.7. The molecule has 0 spiro atoms. The van der Waals surface area contributed by atoms with Crippen LogP contribution in [0.5, 0.6) is 0 Å². The largest absolute Gasteiger partial charge is 0.352 e. The number of carbonyl (C=O) groups excluding carboxylic acids is 2. The molecule has 1 saturated heterocycles. The standard InChI is InChI=1S/C17H30N2O2/c1-17(2,15(20)18-14-10-6-5-7-11-14)16(21)19-12-8-3-4-9-13-19/h14H,3-13H2,1-2H3,(H,18,20). The SMILES string of the molecule is CC(C)(C(=O)NC1CCCCC1)C(=O)N1CCCCCC1. The van der Waals surface area contributed by atoms with Crippen LogP contribution in [0.3, 0.4) is 0 Å². The fourth-order valence-electron chi connectivity index (χ4n) is 3.38. The first-order valence-electron chi connectivity index (χ1n) is 8.62. The molecule has 0 unspecified atom stereocenters. The van der Waals surface area contributed by atoms with Crippen LogP contribution in [0, 0.1) is 5.41 Å². The molecule has 0 aromatic heterocycles. The Morgan fingerprint density at radius 1 is 0.905 bits per heavy atom. The van der Waals surface area contributed by atoms with E-state index in [0.29, 0.717) is 0 Å². The summed E-state index contributed by atoms with van der Waals surface area (Å²) in [5.41, 5.74) is -0.943. The van der Waals surface area contributed by atoms with Crippen molar-refractivity contribution in [2.24, 2.45) is 5.41 Å². The summed E-state index contributed by atoms with van der Waals surface area (Å²) in [6.07, 6.45) is 10.3. The van der Waals surface area contributed by atoms with Crippen molar-refractivity contribution < 1.29 is 9.59 Å². The van der Waals surface area contributed by atoms with Gasteiger partial charge in [0.1, 0.15) is 5.41 Å². The van der Waals surface area contributed by atoms with Crippen molar-refractivity contribution in [2.45, 2.75) is 77.7 Å². The van der Waals surface area contributed by atoms with Crippen molar-refractivity contribution in [1.82, 2.24) is 10.2 Å². The quantitative estimate of drug-likeness (QED) is 0.814. The van der Waals surface area contributed by atoms with E-state index in [9.17, 15) is 9.59 Å². The van der Waals surface area contributed by atoms with E-state index in [-0.39, 0.29) is 17.9 Å². The van der Waals surface area contributed by atoms with Crippen LogP contribution < -0.4 is 5.32 Å². The van der Waals surface area contributed by atoms with E-state index in [0.717, 1.165) is 38.8 Å². The Labute approximate surface area is 128 Å². The molecule has 2 fully saturated rings. The van der Waals surface area contributed by atoms with Gasteiger partial charge in [-0.2, -0.15) is 0 Å². The molecule has 1 N–H and O–H groups in total. The summed E-state index contributed by atoms with van der Waals surface area (Å²) in [4.78, 5) is 27.2. The molecule has 0 aromatic carbocycles. The lowest BCUT2D eigenvalue weighted by Gasteiger charge is -2.32. The maximum Gasteiger partial charge on any atom is 0.237 e. The molecule has 0 radical (unpaired) electrons. The van der Waals surface area contributed by atoms with E-state index in [1.807, 2.05) is 4.90 Å². The van der Waals surface area contributed by atoms with Crippen LogP contribution in [0.1, 0.15) is 71.6 Å². The summed E-state index contributed by atoms with van der Waals surface area (Å²) in [5.74, 6) is -0.0960. The first-order valence-corrected chi connectivity index (χ1v) is 8.62. The highest BCUT2D eigenvalue weighted by atomic mass is 16.2. The Kier molecular flexibility index (Phi) is 5.65. The van der Waals surface area contributed by atoms with Gasteiger partial charge in [-0.1, -0.05) is 32.1 Å².